The van der Waals surface area contributed by atoms with Crippen molar-refractivity contribution in [2.24, 2.45) is 0 Å². The van der Waals surface area contributed by atoms with Crippen molar-refractivity contribution in [1.29, 1.82) is 0 Å². The Kier molecular flexibility index (Phi) is 5.69. The molecule has 2 aromatic heterocycles. The molecule has 6 rings (SSSR count). The van der Waals surface area contributed by atoms with E-state index in [1.807, 2.05) is 49.4 Å². The molecule has 0 radical (unpaired) electrons. The number of likely N-dealkylation sites (tertiary alicyclic amines) is 1. The molecular formula is C29H31N3O3Si. The Labute approximate surface area is 214 Å². The molecule has 1 aliphatic heterocycles. The number of fused-ring (bicyclic) bond motifs is 1. The normalized spacial score (nSPS) is 19.6. The minimum Gasteiger partial charge on any atom is -0.494 e. The quantitative estimate of drug-likeness (QED) is 0.391. The van der Waals surface area contributed by atoms with Gasteiger partial charge in [0.25, 0.3) is 5.91 Å². The van der Waals surface area contributed by atoms with Crippen molar-refractivity contribution in [2.45, 2.75) is 43.5 Å². The number of carbonyl (C=O) groups excluding carboxylic acids is 1. The zero-order chi connectivity index (χ0) is 24.9. The molecule has 2 atom stereocenters. The molecule has 184 valence electrons. The molecule has 1 amide bonds. The summed E-state index contributed by atoms with van der Waals surface area (Å²) in [5, 5.41) is 4.44. The van der Waals surface area contributed by atoms with E-state index >= 15 is 0 Å². The summed E-state index contributed by atoms with van der Waals surface area (Å²) in [6.07, 6.45) is 6.42. The zero-order valence-corrected chi connectivity index (χ0v) is 23.0. The number of amides is 1. The SMILES string of the molecule is Cc1ccc(OC([SiH3])[C@@H]2CCN2C)cc1C(=O)NC1(c2cc(-c3ccco3)cc3ncccc23)CC1. The van der Waals surface area contributed by atoms with Crippen molar-refractivity contribution in [2.75, 3.05) is 13.6 Å². The van der Waals surface area contributed by atoms with Gasteiger partial charge in [-0.2, -0.15) is 0 Å². The first kappa shape index (κ1) is 23.0. The number of rotatable bonds is 7. The number of hydrogen-bond donors (Lipinski definition) is 1. The fraction of sp³-hybridized carbons (Fsp3) is 0.310. The van der Waals surface area contributed by atoms with Gasteiger partial charge >= 0.3 is 0 Å². The first-order chi connectivity index (χ1) is 17.4. The summed E-state index contributed by atoms with van der Waals surface area (Å²) in [5.74, 6) is 1.49. The summed E-state index contributed by atoms with van der Waals surface area (Å²) in [6.45, 7) is 3.11. The maximum absolute atomic E-state index is 13.6. The Balaban J connectivity index is 1.30. The number of benzene rings is 2. The highest BCUT2D eigenvalue weighted by Gasteiger charge is 2.47. The zero-order valence-electron chi connectivity index (χ0n) is 21.0. The number of likely N-dealkylation sites (N-methyl/N-ethyl adjacent to an activating group) is 1. The summed E-state index contributed by atoms with van der Waals surface area (Å²) >= 11 is 0. The molecule has 4 aromatic rings. The number of aryl methyl sites for hydroxylation is 1. The number of hydrogen-bond acceptors (Lipinski definition) is 5. The third kappa shape index (κ3) is 4.12. The number of furan rings is 1. The monoisotopic (exact) mass is 497 g/mol. The Bertz CT molecular complexity index is 1430. The molecule has 7 heteroatoms. The summed E-state index contributed by atoms with van der Waals surface area (Å²) in [7, 11) is 3.08. The van der Waals surface area contributed by atoms with E-state index in [4.69, 9.17) is 9.15 Å². The summed E-state index contributed by atoms with van der Waals surface area (Å²) in [4.78, 5) is 20.6. The fourth-order valence-corrected chi connectivity index (χ4v) is 6.49. The van der Waals surface area contributed by atoms with Crippen LogP contribution in [0.3, 0.4) is 0 Å². The second kappa shape index (κ2) is 8.91. The number of nitrogens with one attached hydrogen (secondary N) is 1. The lowest BCUT2D eigenvalue weighted by atomic mass is 9.95. The Morgan fingerprint density at radius 3 is 2.78 bits per heavy atom. The van der Waals surface area contributed by atoms with Gasteiger partial charge in [0.1, 0.15) is 11.5 Å². The Morgan fingerprint density at radius 2 is 2.08 bits per heavy atom. The van der Waals surface area contributed by atoms with E-state index in [1.54, 1.807) is 12.5 Å². The lowest BCUT2D eigenvalue weighted by molar-refractivity contribution is 0.0562. The van der Waals surface area contributed by atoms with Crippen LogP contribution in [0.4, 0.5) is 0 Å². The fourth-order valence-electron chi connectivity index (χ4n) is 5.38. The predicted octanol–water partition coefficient (Wildman–Crippen LogP) is 4.00. The molecule has 1 unspecified atom stereocenters. The summed E-state index contributed by atoms with van der Waals surface area (Å²) in [6, 6.07) is 18.4. The van der Waals surface area contributed by atoms with Gasteiger partial charge in [0, 0.05) is 28.8 Å². The Hall–Kier alpha value is -3.42. The number of nitrogens with zero attached hydrogens (tertiary/aromatic N) is 2. The van der Waals surface area contributed by atoms with Crippen molar-refractivity contribution in [3.8, 4) is 17.1 Å². The minimum atomic E-state index is -0.418. The maximum atomic E-state index is 13.6. The van der Waals surface area contributed by atoms with E-state index in [1.165, 1.54) is 6.42 Å². The molecule has 1 N–H and O–H groups in total. The average molecular weight is 498 g/mol. The van der Waals surface area contributed by atoms with Crippen LogP contribution in [0.25, 0.3) is 22.2 Å². The molecule has 0 spiro atoms. The van der Waals surface area contributed by atoms with E-state index in [-0.39, 0.29) is 11.6 Å². The van der Waals surface area contributed by atoms with E-state index in [2.05, 4.69) is 34.4 Å². The third-order valence-electron chi connectivity index (χ3n) is 7.81. The van der Waals surface area contributed by atoms with Crippen molar-refractivity contribution in [3.05, 3.63) is 83.7 Å². The van der Waals surface area contributed by atoms with E-state index < -0.39 is 5.54 Å². The van der Waals surface area contributed by atoms with Gasteiger partial charge in [-0.05, 0) is 93.4 Å². The van der Waals surface area contributed by atoms with Crippen LogP contribution < -0.4 is 10.1 Å². The highest BCUT2D eigenvalue weighted by atomic mass is 28.1. The highest BCUT2D eigenvalue weighted by molar-refractivity contribution is 6.11. The second-order valence-electron chi connectivity index (χ2n) is 10.2. The van der Waals surface area contributed by atoms with Crippen LogP contribution in [-0.2, 0) is 5.54 Å². The number of ether oxygens (including phenoxy) is 1. The molecule has 2 aliphatic rings. The minimum absolute atomic E-state index is 0.0680. The maximum Gasteiger partial charge on any atom is 0.252 e. The standard InChI is InChI=1S/C29H31N3O3Si/c1-18-7-8-20(35-28(36)25-9-13-32(25)2)17-22(18)27(33)31-29(10-11-29)23-15-19(26-6-4-14-34-26)16-24-21(23)5-3-12-30-24/h3-8,12,14-17,25,28H,9-11,13H2,1-2,36H3,(H,31,33)/t25-,28?/m0/s1. The van der Waals surface area contributed by atoms with Crippen molar-refractivity contribution in [3.63, 3.8) is 0 Å². The summed E-state index contributed by atoms with van der Waals surface area (Å²) in [5.41, 5.74) is 4.35. The van der Waals surface area contributed by atoms with Gasteiger partial charge in [0.05, 0.1) is 33.3 Å². The van der Waals surface area contributed by atoms with E-state index in [0.29, 0.717) is 11.6 Å². The number of pyridine rings is 1. The molecule has 0 bridgehead atoms. The van der Waals surface area contributed by atoms with Crippen LogP contribution in [0.1, 0.15) is 40.7 Å². The third-order valence-corrected chi connectivity index (χ3v) is 8.81. The molecule has 1 saturated carbocycles. The molecule has 2 fully saturated rings. The molecule has 2 aromatic carbocycles. The summed E-state index contributed by atoms with van der Waals surface area (Å²) < 4.78 is 12.0. The topological polar surface area (TPSA) is 67.6 Å². The molecule has 6 nitrogen and oxygen atoms in total. The van der Waals surface area contributed by atoms with E-state index in [0.717, 1.165) is 68.7 Å². The van der Waals surface area contributed by atoms with Crippen LogP contribution in [-0.4, -0.2) is 51.4 Å². The molecule has 3 heterocycles. The smallest absolute Gasteiger partial charge is 0.252 e. The van der Waals surface area contributed by atoms with Crippen LogP contribution in [0.15, 0.2) is 71.5 Å². The number of carbonyl (C=O) groups is 1. The van der Waals surface area contributed by atoms with E-state index in [9.17, 15) is 4.79 Å². The van der Waals surface area contributed by atoms with Crippen LogP contribution in [0.5, 0.6) is 5.75 Å². The molecule has 36 heavy (non-hydrogen) atoms. The van der Waals surface area contributed by atoms with Crippen LogP contribution in [0.2, 0.25) is 0 Å². The molecule has 1 aliphatic carbocycles. The van der Waals surface area contributed by atoms with Gasteiger partial charge in [-0.1, -0.05) is 12.1 Å². The highest BCUT2D eigenvalue weighted by Crippen LogP contribution is 2.49. The average Bonchev–Trinajstić information content (AvgIpc) is 3.42. The van der Waals surface area contributed by atoms with Gasteiger partial charge in [-0.25, -0.2) is 0 Å². The van der Waals surface area contributed by atoms with Crippen LogP contribution in [0, 0.1) is 6.92 Å². The largest absolute Gasteiger partial charge is 0.494 e. The predicted molar refractivity (Wildman–Crippen MR) is 144 cm³/mol. The van der Waals surface area contributed by atoms with Crippen LogP contribution >= 0.6 is 0 Å². The van der Waals surface area contributed by atoms with Gasteiger partial charge in [0.2, 0.25) is 0 Å². The van der Waals surface area contributed by atoms with Gasteiger partial charge in [-0.15, -0.1) is 0 Å². The van der Waals surface area contributed by atoms with Crippen molar-refractivity contribution >= 4 is 27.1 Å². The lowest BCUT2D eigenvalue weighted by Gasteiger charge is -2.41. The first-order valence-electron chi connectivity index (χ1n) is 12.7. The van der Waals surface area contributed by atoms with Gasteiger partial charge < -0.3 is 19.4 Å². The second-order valence-corrected chi connectivity index (χ2v) is 11.4. The van der Waals surface area contributed by atoms with Gasteiger partial charge in [-0.3, -0.25) is 9.78 Å². The van der Waals surface area contributed by atoms with Gasteiger partial charge in [0.15, 0.2) is 0 Å². The lowest BCUT2D eigenvalue weighted by Crippen LogP contribution is -2.53. The number of aromatic nitrogens is 1. The molecular weight excluding hydrogens is 466 g/mol. The first-order valence-corrected chi connectivity index (χ1v) is 13.8. The Morgan fingerprint density at radius 1 is 1.22 bits per heavy atom. The van der Waals surface area contributed by atoms with Crippen molar-refractivity contribution < 1.29 is 13.9 Å². The molecule has 1 saturated heterocycles. The van der Waals surface area contributed by atoms with Crippen molar-refractivity contribution in [1.82, 2.24) is 15.2 Å².